The van der Waals surface area contributed by atoms with Crippen molar-refractivity contribution in [3.8, 4) is 0 Å². The van der Waals surface area contributed by atoms with Crippen LogP contribution in [0.15, 0.2) is 0 Å². The number of carbonyl (C=O) groups excluding carboxylic acids is 14. The summed E-state index contributed by atoms with van der Waals surface area (Å²) in [5.74, 6) is -14.7. The first-order valence-electron chi connectivity index (χ1n) is 41.7. The Labute approximate surface area is 718 Å². The maximum Gasteiger partial charge on any atom is 0.407 e. The van der Waals surface area contributed by atoms with Crippen molar-refractivity contribution in [2.24, 2.45) is 0 Å². The highest BCUT2D eigenvalue weighted by atomic mass is 16.6. The highest BCUT2D eigenvalue weighted by Gasteiger charge is 2.33. The summed E-state index contributed by atoms with van der Waals surface area (Å²) in [6.45, 7) is 23.9. The smallest absolute Gasteiger partial charge is 0.407 e. The molecule has 0 aromatic rings. The Kier molecular flexibility index (Phi) is 62.9. The molecule has 0 fully saturated rings. The van der Waals surface area contributed by atoms with E-state index in [4.69, 9.17) is 48.8 Å². The number of rotatable bonds is 62. The van der Waals surface area contributed by atoms with Gasteiger partial charge in [-0.1, -0.05) is 57.8 Å². The van der Waals surface area contributed by atoms with E-state index in [2.05, 4.69) is 53.2 Å². The molecule has 0 saturated carbocycles. The number of carboxylic acid groups (broad SMARTS) is 6. The van der Waals surface area contributed by atoms with E-state index in [1.165, 1.54) is 6.92 Å². The fourth-order valence-electron chi connectivity index (χ4n) is 10.7. The second kappa shape index (κ2) is 66.6. The van der Waals surface area contributed by atoms with Gasteiger partial charge in [-0.3, -0.25) is 52.7 Å². The van der Waals surface area contributed by atoms with Crippen LogP contribution in [-0.4, -0.2) is 248 Å². The summed E-state index contributed by atoms with van der Waals surface area (Å²) >= 11 is 0. The standard InChI is InChI=1S/C35H60N4O12.C28H46N4O13.C18H32N2O7/c1-8-48-30(43)22-20-27(33(46)50-10-3)39-31(44)25(19-21-29(42)38-26(18-17-24(4)40)32(45)49-9-2)37-28(41)16-14-12-11-13-15-23-36-34(47)51-35(5,6)7;1-28(2,3)45-27(44)29-16-8-6-4-5-7-9-20(33)30-17(24(39)32-19(26(42)43)12-15-23(37)38)10-13-21(34)31-18(25(40)41)11-14-22(35)36;1-18(2,3)27-17(26)19-12-8-6-4-5-7-9-14(21)20-13(16(24)25)10-11-15(22)23/h25-27H,8-23H2,1-7H3,(H,36,47)(H,37,41)(H,38,42)(H,39,44);17-19H,4-16H2,1-3H3,(H,29,44)(H,30,33)(H,31,34)(H,32,39)(H,35,36)(H,37,38)(H,40,41)(H,42,43);13H,4-12H2,1-3H3,(H,19,26)(H,20,21)(H,22,23)(H,24,25). The van der Waals surface area contributed by atoms with Crippen molar-refractivity contribution in [3.63, 3.8) is 0 Å². The van der Waals surface area contributed by atoms with Crippen LogP contribution in [0.1, 0.15) is 295 Å². The van der Waals surface area contributed by atoms with Gasteiger partial charge < -0.3 is 117 Å². The van der Waals surface area contributed by atoms with Gasteiger partial charge >= 0.3 is 72.0 Å². The number of Topliss-reactive ketones (excluding diaryl/α,β-unsaturated/α-hetero) is 1. The molecule has 16 N–H and O–H groups in total. The summed E-state index contributed by atoms with van der Waals surface area (Å²) in [5.41, 5.74) is -1.69. The number of amides is 10. The number of ether oxygens (including phenoxy) is 6. The monoisotopic (exact) mass is 1760 g/mol. The van der Waals surface area contributed by atoms with Crippen LogP contribution < -0.4 is 53.2 Å². The van der Waals surface area contributed by atoms with Gasteiger partial charge in [0.25, 0.3) is 0 Å². The predicted molar refractivity (Wildman–Crippen MR) is 440 cm³/mol. The number of hydrogen-bond donors (Lipinski definition) is 16. The summed E-state index contributed by atoms with van der Waals surface area (Å²) in [5, 5.41) is 78.6. The lowest BCUT2D eigenvalue weighted by molar-refractivity contribution is -0.149. The quantitative estimate of drug-likeness (QED) is 0.0183. The molecule has 0 spiro atoms. The minimum absolute atomic E-state index is 0.00375. The Morgan fingerprint density at radius 3 is 0.789 bits per heavy atom. The lowest BCUT2D eigenvalue weighted by Gasteiger charge is -2.23. The molecule has 10 amide bonds. The van der Waals surface area contributed by atoms with E-state index >= 15 is 0 Å². The molecule has 0 aromatic heterocycles. The molecule has 0 aliphatic rings. The molecule has 0 aliphatic heterocycles. The van der Waals surface area contributed by atoms with Crippen LogP contribution >= 0.6 is 0 Å². The minimum atomic E-state index is -1.58. The van der Waals surface area contributed by atoms with Crippen LogP contribution in [0.4, 0.5) is 14.4 Å². The lowest BCUT2D eigenvalue weighted by Crippen LogP contribution is -2.52. The number of ketones is 1. The molecule has 7 atom stereocenters. The molecule has 0 radical (unpaired) electrons. The lowest BCUT2D eigenvalue weighted by atomic mass is 10.1. The van der Waals surface area contributed by atoms with Gasteiger partial charge in [-0.05, 0) is 173 Å². The zero-order chi connectivity index (χ0) is 94.3. The molecule has 0 heterocycles. The van der Waals surface area contributed by atoms with Crippen LogP contribution in [0.5, 0.6) is 0 Å². The predicted octanol–water partition coefficient (Wildman–Crippen LogP) is 6.20. The largest absolute Gasteiger partial charge is 0.481 e. The number of unbranched alkanes of at least 4 members (excludes halogenated alkanes) is 12. The molecule has 42 nitrogen and oxygen atoms in total. The number of esters is 3. The van der Waals surface area contributed by atoms with Gasteiger partial charge in [0, 0.05) is 83.8 Å². The van der Waals surface area contributed by atoms with Crippen molar-refractivity contribution < 1.29 is 155 Å². The molecule has 123 heavy (non-hydrogen) atoms. The summed E-state index contributed by atoms with van der Waals surface area (Å²) < 4.78 is 30.5. The molecular formula is C81H138N10O32. The molecule has 0 rings (SSSR count). The Bertz CT molecular complexity index is 3330. The molecule has 704 valence electrons. The van der Waals surface area contributed by atoms with Crippen LogP contribution in [0, 0.1) is 0 Å². The van der Waals surface area contributed by atoms with Crippen LogP contribution in [0.2, 0.25) is 0 Å². The zero-order valence-corrected chi connectivity index (χ0v) is 73.7. The van der Waals surface area contributed by atoms with Gasteiger partial charge in [0.15, 0.2) is 0 Å². The van der Waals surface area contributed by atoms with Crippen molar-refractivity contribution in [2.45, 2.75) is 355 Å². The van der Waals surface area contributed by atoms with Crippen LogP contribution in [0.3, 0.4) is 0 Å². The number of hydrogen-bond acceptors (Lipinski definition) is 26. The third-order valence-corrected chi connectivity index (χ3v) is 16.7. The van der Waals surface area contributed by atoms with Gasteiger partial charge in [0.2, 0.25) is 41.4 Å². The Balaban J connectivity index is -0.00000184. The zero-order valence-electron chi connectivity index (χ0n) is 73.7. The fourth-order valence-corrected chi connectivity index (χ4v) is 10.7. The number of carboxylic acids is 6. The van der Waals surface area contributed by atoms with Crippen molar-refractivity contribution in [1.82, 2.24) is 53.2 Å². The molecule has 0 aliphatic carbocycles. The minimum Gasteiger partial charge on any atom is -0.481 e. The molecule has 0 aromatic carbocycles. The SMILES string of the molecule is CC(C)(C)OC(=O)NCCCCCCCC(=O)NC(CCC(=O)NC(CCC(=O)O)C(=O)O)C(=O)NC(CCC(=O)O)C(=O)O.CC(C)(C)OC(=O)NCCCCCCCC(=O)NC(CCC(=O)O)C(=O)O.CCOC(=O)CCC(NC(=O)C(CCC(=O)NC(CCC(C)=O)C(=O)OCC)NC(=O)CCCCCCCNC(=O)OC(C)(C)C)C(=O)OCC. The van der Waals surface area contributed by atoms with E-state index in [-0.39, 0.29) is 115 Å². The average molecular weight is 1760 g/mol. The molecule has 0 bridgehead atoms. The van der Waals surface area contributed by atoms with Gasteiger partial charge in [-0.15, -0.1) is 0 Å². The van der Waals surface area contributed by atoms with Crippen molar-refractivity contribution in [2.75, 3.05) is 39.5 Å². The fraction of sp³-hybridized carbons (Fsp3) is 0.753. The van der Waals surface area contributed by atoms with E-state index in [0.717, 1.165) is 57.8 Å². The first-order valence-corrected chi connectivity index (χ1v) is 41.7. The Morgan fingerprint density at radius 1 is 0.268 bits per heavy atom. The van der Waals surface area contributed by atoms with Gasteiger partial charge in [-0.2, -0.15) is 0 Å². The first kappa shape index (κ1) is 116. The number of nitrogens with one attached hydrogen (secondary N) is 10. The molecule has 42 heteroatoms. The number of carbonyl (C=O) groups is 20. The summed E-state index contributed by atoms with van der Waals surface area (Å²) in [7, 11) is 0. The molecule has 7 unspecified atom stereocenters. The summed E-state index contributed by atoms with van der Waals surface area (Å²) in [4.78, 5) is 238. The summed E-state index contributed by atoms with van der Waals surface area (Å²) in [6.07, 6.45) is 5.93. The second-order valence-corrected chi connectivity index (χ2v) is 31.5. The third-order valence-electron chi connectivity index (χ3n) is 16.7. The number of alkyl carbamates (subject to hydrolysis) is 3. The van der Waals surface area contributed by atoms with Gasteiger partial charge in [0.05, 0.1) is 19.8 Å². The van der Waals surface area contributed by atoms with E-state index in [9.17, 15) is 106 Å². The van der Waals surface area contributed by atoms with Crippen molar-refractivity contribution >= 4 is 119 Å². The highest BCUT2D eigenvalue weighted by molar-refractivity contribution is 5.93. The molecular weight excluding hydrogens is 1620 g/mol. The Hall–Kier alpha value is -11.0. The van der Waals surface area contributed by atoms with Gasteiger partial charge in [-0.25, -0.2) is 38.4 Å². The molecule has 0 saturated heterocycles. The Morgan fingerprint density at radius 2 is 0.504 bits per heavy atom. The van der Waals surface area contributed by atoms with Crippen LogP contribution in [0.25, 0.3) is 0 Å². The maximum absolute atomic E-state index is 13.4. The second-order valence-electron chi connectivity index (χ2n) is 31.5. The van der Waals surface area contributed by atoms with Gasteiger partial charge in [0.1, 0.15) is 64.9 Å². The maximum atomic E-state index is 13.4. The highest BCUT2D eigenvalue weighted by Crippen LogP contribution is 2.16. The normalized spacial score (nSPS) is 12.7. The van der Waals surface area contributed by atoms with Crippen molar-refractivity contribution in [1.29, 1.82) is 0 Å². The van der Waals surface area contributed by atoms with Crippen molar-refractivity contribution in [3.05, 3.63) is 0 Å². The van der Waals surface area contributed by atoms with E-state index < -0.39 is 192 Å². The van der Waals surface area contributed by atoms with E-state index in [0.29, 0.717) is 58.2 Å². The number of aliphatic carboxylic acids is 6. The van der Waals surface area contributed by atoms with Crippen LogP contribution in [-0.2, 0) is 110 Å². The average Bonchev–Trinajstić information content (AvgIpc) is 0.885. The first-order chi connectivity index (χ1) is 57.4. The summed E-state index contributed by atoms with van der Waals surface area (Å²) in [6, 6.07) is -9.22. The topological polar surface area (TPSA) is 638 Å². The van der Waals surface area contributed by atoms with E-state index in [1.807, 2.05) is 0 Å². The third kappa shape index (κ3) is 70.3. The van der Waals surface area contributed by atoms with E-state index in [1.54, 1.807) is 83.1 Å².